The Kier molecular flexibility index (Phi) is 3.98. The molecule has 0 saturated carbocycles. The van der Waals surface area contributed by atoms with Crippen LogP contribution < -0.4 is 11.1 Å². The maximum Gasteiger partial charge on any atom is 0.154 e. The lowest BCUT2D eigenvalue weighted by atomic mass is 10.1. The number of hydrogen-bond donors (Lipinski definition) is 2. The standard InChI is InChI=1S/C18H15N6P/c19-17(25)14-6-2-8-20-18(14)22-13-5-1-4-12(10-13)15-11-24-16(23-15)7-3-9-21-24/h1-11,25H,19H2,(H,20,22). The van der Waals surface area contributed by atoms with Crippen molar-refractivity contribution in [3.8, 4) is 11.3 Å². The molecular weight excluding hydrogens is 331 g/mol. The minimum atomic E-state index is 0.526. The molecule has 0 fully saturated rings. The molecule has 0 amide bonds. The van der Waals surface area contributed by atoms with Crippen molar-refractivity contribution in [1.29, 1.82) is 0 Å². The van der Waals surface area contributed by atoms with Crippen molar-refractivity contribution < 1.29 is 0 Å². The summed E-state index contributed by atoms with van der Waals surface area (Å²) in [4.78, 5) is 8.96. The van der Waals surface area contributed by atoms with E-state index < -0.39 is 0 Å². The third kappa shape index (κ3) is 3.13. The summed E-state index contributed by atoms with van der Waals surface area (Å²) >= 11 is 0. The normalized spacial score (nSPS) is 10.8. The largest absolute Gasteiger partial charge is 0.340 e. The van der Waals surface area contributed by atoms with Gasteiger partial charge in [0.05, 0.1) is 11.9 Å². The van der Waals surface area contributed by atoms with E-state index in [9.17, 15) is 0 Å². The number of hydrogen-bond acceptors (Lipinski definition) is 4. The van der Waals surface area contributed by atoms with Crippen LogP contribution in [0.2, 0.25) is 0 Å². The first kappa shape index (κ1) is 15.4. The van der Waals surface area contributed by atoms with Gasteiger partial charge in [0, 0.05) is 34.6 Å². The van der Waals surface area contributed by atoms with Gasteiger partial charge in [0.1, 0.15) is 5.82 Å². The first-order valence-corrected chi connectivity index (χ1v) is 8.18. The fraction of sp³-hybridized carbons (Fsp3) is 0. The molecule has 0 aliphatic carbocycles. The van der Waals surface area contributed by atoms with Crippen molar-refractivity contribution >= 4 is 31.4 Å². The summed E-state index contributed by atoms with van der Waals surface area (Å²) < 4.78 is 1.76. The van der Waals surface area contributed by atoms with Gasteiger partial charge in [0.25, 0.3) is 0 Å². The highest BCUT2D eigenvalue weighted by Crippen LogP contribution is 2.25. The zero-order valence-corrected chi connectivity index (χ0v) is 14.2. The quantitative estimate of drug-likeness (QED) is 0.555. The Morgan fingerprint density at radius 3 is 2.80 bits per heavy atom. The molecule has 1 aromatic carbocycles. The van der Waals surface area contributed by atoms with E-state index in [1.54, 1.807) is 16.9 Å². The van der Waals surface area contributed by atoms with Crippen LogP contribution in [-0.4, -0.2) is 25.0 Å². The third-order valence-corrected chi connectivity index (χ3v) is 4.03. The van der Waals surface area contributed by atoms with Crippen molar-refractivity contribution in [1.82, 2.24) is 19.6 Å². The molecule has 0 bridgehead atoms. The summed E-state index contributed by atoms with van der Waals surface area (Å²) in [5, 5.41) is 7.56. The third-order valence-electron chi connectivity index (χ3n) is 3.76. The van der Waals surface area contributed by atoms with Crippen LogP contribution in [0.25, 0.3) is 16.9 Å². The van der Waals surface area contributed by atoms with E-state index in [0.717, 1.165) is 28.2 Å². The van der Waals surface area contributed by atoms with Crippen LogP contribution in [0.3, 0.4) is 0 Å². The van der Waals surface area contributed by atoms with Gasteiger partial charge in [0.2, 0.25) is 0 Å². The van der Waals surface area contributed by atoms with Gasteiger partial charge in [-0.2, -0.15) is 5.10 Å². The van der Waals surface area contributed by atoms with Crippen LogP contribution >= 0.6 is 8.86 Å². The first-order valence-electron chi connectivity index (χ1n) is 7.68. The molecule has 3 heterocycles. The number of pyridine rings is 1. The molecule has 0 unspecified atom stereocenters. The molecule has 7 heteroatoms. The van der Waals surface area contributed by atoms with E-state index in [1.807, 2.05) is 54.7 Å². The summed E-state index contributed by atoms with van der Waals surface area (Å²) in [7, 11) is 3.37. The lowest BCUT2D eigenvalue weighted by molar-refractivity contribution is 0.936. The highest BCUT2D eigenvalue weighted by atomic mass is 31.0. The van der Waals surface area contributed by atoms with E-state index in [-0.39, 0.29) is 0 Å². The van der Waals surface area contributed by atoms with Crippen LogP contribution in [0.5, 0.6) is 0 Å². The van der Waals surface area contributed by atoms with Gasteiger partial charge in [-0.3, -0.25) is 5.73 Å². The highest BCUT2D eigenvalue weighted by molar-refractivity contribution is 7.21. The van der Waals surface area contributed by atoms with Gasteiger partial charge >= 0.3 is 0 Å². The predicted molar refractivity (Wildman–Crippen MR) is 103 cm³/mol. The van der Waals surface area contributed by atoms with Crippen molar-refractivity contribution in [2.75, 3.05) is 5.32 Å². The summed E-state index contributed by atoms with van der Waals surface area (Å²) in [6.45, 7) is 0. The minimum absolute atomic E-state index is 0.526. The molecule has 3 aromatic heterocycles. The SMILES string of the molecule is NC(=P)c1cccnc1Nc1cccc(-c2cn3ncccc3n2)c1. The first-order chi connectivity index (χ1) is 12.2. The number of nitrogens with two attached hydrogens (primary N) is 1. The topological polar surface area (TPSA) is 81.1 Å². The maximum absolute atomic E-state index is 5.86. The average molecular weight is 346 g/mol. The fourth-order valence-electron chi connectivity index (χ4n) is 2.59. The molecule has 4 aromatic rings. The molecule has 0 atom stereocenters. The van der Waals surface area contributed by atoms with E-state index in [4.69, 9.17) is 5.73 Å². The molecule has 0 spiro atoms. The summed E-state index contributed by atoms with van der Waals surface area (Å²) in [6.07, 6.45) is 5.36. The van der Waals surface area contributed by atoms with Crippen molar-refractivity contribution in [2.24, 2.45) is 5.73 Å². The zero-order valence-electron chi connectivity index (χ0n) is 13.2. The second-order valence-electron chi connectivity index (χ2n) is 5.47. The Morgan fingerprint density at radius 1 is 1.08 bits per heavy atom. The van der Waals surface area contributed by atoms with Crippen LogP contribution in [0.1, 0.15) is 5.56 Å². The monoisotopic (exact) mass is 346 g/mol. The van der Waals surface area contributed by atoms with E-state index in [1.165, 1.54) is 0 Å². The average Bonchev–Trinajstić information content (AvgIpc) is 3.06. The molecule has 0 aliphatic rings. The Bertz CT molecular complexity index is 1040. The molecule has 3 N–H and O–H groups in total. The van der Waals surface area contributed by atoms with E-state index in [2.05, 4.69) is 29.2 Å². The van der Waals surface area contributed by atoms with Crippen molar-refractivity contribution in [2.45, 2.75) is 0 Å². The van der Waals surface area contributed by atoms with Crippen LogP contribution in [0, 0.1) is 0 Å². The molecular formula is C18H15N6P. The predicted octanol–water partition coefficient (Wildman–Crippen LogP) is 3.11. The lowest BCUT2D eigenvalue weighted by Gasteiger charge is -2.11. The smallest absolute Gasteiger partial charge is 0.154 e. The minimum Gasteiger partial charge on any atom is -0.340 e. The van der Waals surface area contributed by atoms with Gasteiger partial charge in [-0.15, -0.1) is 8.86 Å². The lowest BCUT2D eigenvalue weighted by Crippen LogP contribution is -2.12. The number of rotatable bonds is 4. The van der Waals surface area contributed by atoms with Crippen molar-refractivity contribution in [3.63, 3.8) is 0 Å². The number of benzene rings is 1. The van der Waals surface area contributed by atoms with Gasteiger partial charge < -0.3 is 5.32 Å². The van der Waals surface area contributed by atoms with Gasteiger partial charge in [-0.05, 0) is 36.4 Å². The molecule has 4 rings (SSSR count). The van der Waals surface area contributed by atoms with Crippen LogP contribution in [0.15, 0.2) is 67.1 Å². The number of nitrogens with one attached hydrogen (secondary N) is 1. The van der Waals surface area contributed by atoms with E-state index in [0.29, 0.717) is 11.2 Å². The molecule has 25 heavy (non-hydrogen) atoms. The molecule has 122 valence electrons. The number of anilines is 2. The summed E-state index contributed by atoms with van der Waals surface area (Å²) in [5.74, 6) is 0.684. The Balaban J connectivity index is 1.69. The second-order valence-corrected chi connectivity index (χ2v) is 6.01. The Morgan fingerprint density at radius 2 is 1.96 bits per heavy atom. The summed E-state index contributed by atoms with van der Waals surface area (Å²) in [5.41, 5.74) is 10.7. The number of imidazole rings is 1. The number of nitrogens with zero attached hydrogens (tertiary/aromatic N) is 4. The maximum atomic E-state index is 5.86. The van der Waals surface area contributed by atoms with Gasteiger partial charge in [-0.1, -0.05) is 12.1 Å². The number of fused-ring (bicyclic) bond motifs is 1. The van der Waals surface area contributed by atoms with Crippen LogP contribution in [-0.2, 0) is 0 Å². The van der Waals surface area contributed by atoms with Gasteiger partial charge in [-0.25, -0.2) is 14.5 Å². The Labute approximate surface area is 146 Å². The molecule has 0 radical (unpaired) electrons. The number of aromatic nitrogens is 4. The molecule has 6 nitrogen and oxygen atoms in total. The highest BCUT2D eigenvalue weighted by Gasteiger charge is 2.08. The molecule has 0 saturated heterocycles. The van der Waals surface area contributed by atoms with Crippen LogP contribution in [0.4, 0.5) is 11.5 Å². The fourth-order valence-corrected chi connectivity index (χ4v) is 2.79. The molecule has 0 aliphatic heterocycles. The second kappa shape index (κ2) is 6.43. The zero-order chi connectivity index (χ0) is 17.2. The van der Waals surface area contributed by atoms with E-state index >= 15 is 0 Å². The van der Waals surface area contributed by atoms with Gasteiger partial charge in [0.15, 0.2) is 5.65 Å². The Hall–Kier alpha value is -3.08. The van der Waals surface area contributed by atoms with Crippen molar-refractivity contribution in [3.05, 3.63) is 72.7 Å². The summed E-state index contributed by atoms with van der Waals surface area (Å²) in [6, 6.07) is 15.5.